The molecule has 0 spiro atoms. The number of fused-ring (bicyclic) bond motifs is 1. The van der Waals surface area contributed by atoms with Crippen molar-refractivity contribution in [2.45, 2.75) is 0 Å². The lowest BCUT2D eigenvalue weighted by molar-refractivity contribution is -0.384. The molecule has 0 saturated carbocycles. The van der Waals surface area contributed by atoms with Crippen LogP contribution in [0.4, 0.5) is 5.69 Å². The fourth-order valence-electron chi connectivity index (χ4n) is 2.78. The first-order valence-corrected chi connectivity index (χ1v) is 8.52. The average molecular weight is 377 g/mol. The highest BCUT2D eigenvalue weighted by molar-refractivity contribution is 6.30. The summed E-state index contributed by atoms with van der Waals surface area (Å²) in [4.78, 5) is 10.5. The maximum Gasteiger partial charge on any atom is 0.269 e. The molecule has 0 bridgehead atoms. The molecule has 0 fully saturated rings. The molecule has 0 unspecified atom stereocenters. The van der Waals surface area contributed by atoms with E-state index < -0.39 is 4.92 Å². The maximum atomic E-state index is 10.9. The zero-order valence-electron chi connectivity index (χ0n) is 14.0. The Hall–Kier alpha value is -3.51. The van der Waals surface area contributed by atoms with Gasteiger partial charge in [-0.3, -0.25) is 10.1 Å². The number of non-ortho nitro benzene ring substituents is 1. The minimum absolute atomic E-state index is 0.0476. The van der Waals surface area contributed by atoms with Crippen molar-refractivity contribution in [2.75, 3.05) is 0 Å². The van der Waals surface area contributed by atoms with Gasteiger partial charge in [-0.25, -0.2) is 4.68 Å². The van der Waals surface area contributed by atoms with E-state index >= 15 is 0 Å². The minimum Gasteiger partial charge on any atom is -0.258 e. The summed E-state index contributed by atoms with van der Waals surface area (Å²) in [5.41, 5.74) is 4.18. The molecule has 6 nitrogen and oxygen atoms in total. The summed E-state index contributed by atoms with van der Waals surface area (Å²) in [6, 6.07) is 21.4. The number of benzene rings is 3. The van der Waals surface area contributed by atoms with Gasteiger partial charge in [-0.05, 0) is 48.0 Å². The number of nitrogens with zero attached hydrogens (tertiary/aromatic N) is 4. The third-order valence-corrected chi connectivity index (χ3v) is 4.38. The quantitative estimate of drug-likeness (QED) is 0.284. The number of aromatic nitrogens is 3. The first-order chi connectivity index (χ1) is 13.1. The molecule has 1 aromatic heterocycles. The number of hydrogen-bond acceptors (Lipinski definition) is 4. The third kappa shape index (κ3) is 3.43. The van der Waals surface area contributed by atoms with Gasteiger partial charge < -0.3 is 0 Å². The highest BCUT2D eigenvalue weighted by atomic mass is 35.5. The number of hydrogen-bond donors (Lipinski definition) is 0. The van der Waals surface area contributed by atoms with E-state index in [-0.39, 0.29) is 5.69 Å². The molecular formula is C20H13ClN4O2. The van der Waals surface area contributed by atoms with Gasteiger partial charge in [0.2, 0.25) is 0 Å². The lowest BCUT2D eigenvalue weighted by atomic mass is 10.1. The molecule has 7 heteroatoms. The van der Waals surface area contributed by atoms with Crippen molar-refractivity contribution in [3.8, 4) is 0 Å². The number of nitro groups is 1. The first kappa shape index (κ1) is 16.9. The molecule has 132 valence electrons. The SMILES string of the molecule is O=[N+]([O-])c1ccc(C=C(c2ccc(Cl)cc2)n2nnc3ccccc32)cc1. The standard InChI is InChI=1S/C20H13ClN4O2/c21-16-9-7-15(8-10-16)20(13-14-5-11-17(12-6-14)25(26)27)24-19-4-2-1-3-18(19)22-23-24/h1-13H. The van der Waals surface area contributed by atoms with Gasteiger partial charge >= 0.3 is 0 Å². The van der Waals surface area contributed by atoms with E-state index in [1.165, 1.54) is 12.1 Å². The number of nitro benzene ring substituents is 1. The van der Waals surface area contributed by atoms with Gasteiger partial charge in [0.1, 0.15) is 5.52 Å². The topological polar surface area (TPSA) is 73.8 Å². The Balaban J connectivity index is 1.88. The van der Waals surface area contributed by atoms with Crippen molar-refractivity contribution >= 4 is 40.1 Å². The Bertz CT molecular complexity index is 1150. The summed E-state index contributed by atoms with van der Waals surface area (Å²) >= 11 is 6.03. The Labute approximate surface area is 159 Å². The van der Waals surface area contributed by atoms with E-state index in [4.69, 9.17) is 11.6 Å². The maximum absolute atomic E-state index is 10.9. The largest absolute Gasteiger partial charge is 0.269 e. The smallest absolute Gasteiger partial charge is 0.258 e. The molecule has 3 aromatic carbocycles. The van der Waals surface area contributed by atoms with Crippen LogP contribution < -0.4 is 0 Å². The van der Waals surface area contributed by atoms with Crippen LogP contribution in [0.3, 0.4) is 0 Å². The highest BCUT2D eigenvalue weighted by Gasteiger charge is 2.12. The van der Waals surface area contributed by atoms with Crippen molar-refractivity contribution in [2.24, 2.45) is 0 Å². The predicted octanol–water partition coefficient (Wildman–Crippen LogP) is 5.04. The molecular weight excluding hydrogens is 364 g/mol. The van der Waals surface area contributed by atoms with Crippen LogP contribution in [0.15, 0.2) is 72.8 Å². The van der Waals surface area contributed by atoms with E-state index in [9.17, 15) is 10.1 Å². The van der Waals surface area contributed by atoms with Crippen LogP contribution in [0.1, 0.15) is 11.1 Å². The van der Waals surface area contributed by atoms with Crippen LogP contribution >= 0.6 is 11.6 Å². The van der Waals surface area contributed by atoms with E-state index in [2.05, 4.69) is 10.3 Å². The zero-order chi connectivity index (χ0) is 18.8. The van der Waals surface area contributed by atoms with E-state index in [1.54, 1.807) is 28.9 Å². The summed E-state index contributed by atoms with van der Waals surface area (Å²) in [5, 5.41) is 20.0. The molecule has 0 N–H and O–H groups in total. The number of halogens is 1. The fraction of sp³-hybridized carbons (Fsp3) is 0. The second-order valence-corrected chi connectivity index (χ2v) is 6.31. The zero-order valence-corrected chi connectivity index (χ0v) is 14.7. The molecule has 27 heavy (non-hydrogen) atoms. The minimum atomic E-state index is -0.418. The Morgan fingerprint density at radius 3 is 2.41 bits per heavy atom. The van der Waals surface area contributed by atoms with Crippen LogP contribution in [0.5, 0.6) is 0 Å². The first-order valence-electron chi connectivity index (χ1n) is 8.15. The molecule has 0 radical (unpaired) electrons. The van der Waals surface area contributed by atoms with E-state index in [0.717, 1.165) is 27.9 Å². The molecule has 0 saturated heterocycles. The van der Waals surface area contributed by atoms with Gasteiger partial charge in [-0.2, -0.15) is 0 Å². The summed E-state index contributed by atoms with van der Waals surface area (Å²) in [7, 11) is 0. The van der Waals surface area contributed by atoms with Gasteiger partial charge in [-0.1, -0.05) is 41.1 Å². The summed E-state index contributed by atoms with van der Waals surface area (Å²) in [5.74, 6) is 0. The van der Waals surface area contributed by atoms with Crippen LogP contribution in [0.25, 0.3) is 22.8 Å². The summed E-state index contributed by atoms with van der Waals surface area (Å²) in [6.07, 6.45) is 1.91. The fourth-order valence-corrected chi connectivity index (χ4v) is 2.91. The Morgan fingerprint density at radius 1 is 1.00 bits per heavy atom. The van der Waals surface area contributed by atoms with Crippen molar-refractivity contribution in [1.82, 2.24) is 15.0 Å². The second-order valence-electron chi connectivity index (χ2n) is 5.88. The summed E-state index contributed by atoms with van der Waals surface area (Å²) < 4.78 is 1.75. The lowest BCUT2D eigenvalue weighted by Gasteiger charge is -2.09. The van der Waals surface area contributed by atoms with Crippen molar-refractivity contribution in [3.05, 3.63) is 99.1 Å². The number of para-hydroxylation sites is 1. The predicted molar refractivity (Wildman–Crippen MR) is 105 cm³/mol. The van der Waals surface area contributed by atoms with Crippen LogP contribution in [-0.2, 0) is 0 Å². The van der Waals surface area contributed by atoms with Gasteiger partial charge in [0, 0.05) is 22.7 Å². The van der Waals surface area contributed by atoms with Crippen molar-refractivity contribution in [3.63, 3.8) is 0 Å². The van der Waals surface area contributed by atoms with Gasteiger partial charge in [0.15, 0.2) is 0 Å². The van der Waals surface area contributed by atoms with Crippen LogP contribution in [0.2, 0.25) is 5.02 Å². The lowest BCUT2D eigenvalue weighted by Crippen LogP contribution is -2.01. The normalized spacial score (nSPS) is 11.7. The molecule has 0 aliphatic carbocycles. The van der Waals surface area contributed by atoms with E-state index in [0.29, 0.717) is 5.02 Å². The molecule has 0 aliphatic rings. The van der Waals surface area contributed by atoms with Gasteiger partial charge in [-0.15, -0.1) is 5.10 Å². The molecule has 0 aliphatic heterocycles. The highest BCUT2D eigenvalue weighted by Crippen LogP contribution is 2.25. The van der Waals surface area contributed by atoms with Gasteiger partial charge in [0.05, 0.1) is 16.1 Å². The number of rotatable bonds is 4. The van der Waals surface area contributed by atoms with E-state index in [1.807, 2.05) is 42.5 Å². The summed E-state index contributed by atoms with van der Waals surface area (Å²) in [6.45, 7) is 0. The van der Waals surface area contributed by atoms with Crippen LogP contribution in [-0.4, -0.2) is 19.9 Å². The molecule has 0 atom stereocenters. The second kappa shape index (κ2) is 7.01. The van der Waals surface area contributed by atoms with Crippen molar-refractivity contribution in [1.29, 1.82) is 0 Å². The Kier molecular flexibility index (Phi) is 4.40. The monoisotopic (exact) mass is 376 g/mol. The Morgan fingerprint density at radius 2 is 1.70 bits per heavy atom. The average Bonchev–Trinajstić information content (AvgIpc) is 3.11. The molecule has 0 amide bonds. The molecule has 1 heterocycles. The molecule has 4 aromatic rings. The molecule has 4 rings (SSSR count). The van der Waals surface area contributed by atoms with Crippen LogP contribution in [0, 0.1) is 10.1 Å². The van der Waals surface area contributed by atoms with Crippen molar-refractivity contribution < 1.29 is 4.92 Å². The third-order valence-electron chi connectivity index (χ3n) is 4.13. The van der Waals surface area contributed by atoms with Gasteiger partial charge in [0.25, 0.3) is 5.69 Å².